The molecule has 17 heavy (non-hydrogen) atoms. The third kappa shape index (κ3) is 2.20. The summed E-state index contributed by atoms with van der Waals surface area (Å²) in [5.74, 6) is 0.632. The average molecular weight is 232 g/mol. The van der Waals surface area contributed by atoms with Crippen LogP contribution in [0.15, 0.2) is 24.3 Å². The Labute approximate surface area is 103 Å². The molecule has 0 bridgehead atoms. The average Bonchev–Trinajstić information content (AvgIpc) is 2.36. The molecular formula is C14H20N2O. The fourth-order valence-electron chi connectivity index (χ4n) is 2.42. The molecule has 1 atom stereocenters. The normalized spacial score (nSPS) is 19.3. The van der Waals surface area contributed by atoms with Gasteiger partial charge in [-0.15, -0.1) is 0 Å². The molecule has 1 heterocycles. The van der Waals surface area contributed by atoms with Gasteiger partial charge in [0.05, 0.1) is 0 Å². The van der Waals surface area contributed by atoms with Crippen LogP contribution in [0.4, 0.5) is 5.69 Å². The summed E-state index contributed by atoms with van der Waals surface area (Å²) >= 11 is 0. The summed E-state index contributed by atoms with van der Waals surface area (Å²) in [6.45, 7) is 5.33. The maximum Gasteiger partial charge on any atom is 0.229 e. The van der Waals surface area contributed by atoms with Crippen LogP contribution in [0.2, 0.25) is 0 Å². The summed E-state index contributed by atoms with van der Waals surface area (Å²) in [4.78, 5) is 14.1. The van der Waals surface area contributed by atoms with Crippen LogP contribution in [0, 0.1) is 5.92 Å². The predicted octanol–water partition coefficient (Wildman–Crippen LogP) is 2.12. The summed E-state index contributed by atoms with van der Waals surface area (Å²) in [6.07, 6.45) is 0.964. The lowest BCUT2D eigenvalue weighted by molar-refractivity contribution is -0.121. The van der Waals surface area contributed by atoms with E-state index < -0.39 is 0 Å². The first-order chi connectivity index (χ1) is 8.15. The first kappa shape index (κ1) is 12.1. The highest BCUT2D eigenvalue weighted by Crippen LogP contribution is 2.35. The van der Waals surface area contributed by atoms with Crippen LogP contribution in [0.5, 0.6) is 0 Å². The van der Waals surface area contributed by atoms with Gasteiger partial charge in [0.1, 0.15) is 0 Å². The molecule has 1 aromatic carbocycles. The van der Waals surface area contributed by atoms with E-state index in [9.17, 15) is 4.79 Å². The number of nitrogens with two attached hydrogens (primary N) is 1. The molecule has 2 rings (SSSR count). The number of carbonyl (C=O) groups excluding carboxylic acids is 1. The first-order valence-corrected chi connectivity index (χ1v) is 6.25. The second kappa shape index (κ2) is 4.88. The Hall–Kier alpha value is -1.35. The van der Waals surface area contributed by atoms with Crippen molar-refractivity contribution in [2.45, 2.75) is 26.2 Å². The molecule has 1 unspecified atom stereocenters. The summed E-state index contributed by atoms with van der Waals surface area (Å²) in [5.41, 5.74) is 8.06. The summed E-state index contributed by atoms with van der Waals surface area (Å²) in [6, 6.07) is 8.12. The van der Waals surface area contributed by atoms with Gasteiger partial charge in [0, 0.05) is 18.2 Å². The molecular weight excluding hydrogens is 212 g/mol. The van der Waals surface area contributed by atoms with E-state index >= 15 is 0 Å². The number of anilines is 1. The lowest BCUT2D eigenvalue weighted by Gasteiger charge is -2.34. The Bertz CT molecular complexity index is 414. The van der Waals surface area contributed by atoms with Crippen molar-refractivity contribution in [3.8, 4) is 0 Å². The third-order valence-electron chi connectivity index (χ3n) is 3.41. The Morgan fingerprint density at radius 1 is 1.47 bits per heavy atom. The molecule has 0 saturated carbocycles. The molecule has 1 aromatic rings. The third-order valence-corrected chi connectivity index (χ3v) is 3.41. The Morgan fingerprint density at radius 3 is 2.82 bits per heavy atom. The molecule has 2 N–H and O–H groups in total. The van der Waals surface area contributed by atoms with Crippen molar-refractivity contribution in [2.24, 2.45) is 11.7 Å². The van der Waals surface area contributed by atoms with Crippen LogP contribution in [0.3, 0.4) is 0 Å². The highest BCUT2D eigenvalue weighted by molar-refractivity contribution is 5.95. The van der Waals surface area contributed by atoms with Crippen LogP contribution in [0.25, 0.3) is 0 Å². The van der Waals surface area contributed by atoms with E-state index in [-0.39, 0.29) is 11.8 Å². The lowest BCUT2D eigenvalue weighted by Crippen LogP contribution is -2.40. The second-order valence-corrected chi connectivity index (χ2v) is 4.92. The highest BCUT2D eigenvalue weighted by atomic mass is 16.2. The van der Waals surface area contributed by atoms with E-state index in [1.807, 2.05) is 36.9 Å². The largest absolute Gasteiger partial charge is 0.330 e. The van der Waals surface area contributed by atoms with Crippen molar-refractivity contribution < 1.29 is 4.79 Å². The van der Waals surface area contributed by atoms with Gasteiger partial charge < -0.3 is 10.6 Å². The van der Waals surface area contributed by atoms with Gasteiger partial charge in [0.15, 0.2) is 0 Å². The van der Waals surface area contributed by atoms with Crippen LogP contribution < -0.4 is 10.6 Å². The van der Waals surface area contributed by atoms with Gasteiger partial charge in [-0.2, -0.15) is 0 Å². The second-order valence-electron chi connectivity index (χ2n) is 4.92. The van der Waals surface area contributed by atoms with Gasteiger partial charge in [0.25, 0.3) is 0 Å². The van der Waals surface area contributed by atoms with E-state index in [0.29, 0.717) is 12.5 Å². The summed E-state index contributed by atoms with van der Waals surface area (Å²) < 4.78 is 0. The summed E-state index contributed by atoms with van der Waals surface area (Å²) in [5, 5.41) is 0. The molecule has 0 aromatic heterocycles. The van der Waals surface area contributed by atoms with Crippen molar-refractivity contribution in [3.05, 3.63) is 29.8 Å². The number of amides is 1. The molecule has 1 aliphatic rings. The SMILES string of the molecule is CC(C)C(=O)N1CCC(CN)c2ccccc21. The minimum Gasteiger partial charge on any atom is -0.330 e. The number of nitrogens with zero attached hydrogens (tertiary/aromatic N) is 1. The fourth-order valence-corrected chi connectivity index (χ4v) is 2.42. The first-order valence-electron chi connectivity index (χ1n) is 6.25. The minimum absolute atomic E-state index is 0.0393. The van der Waals surface area contributed by atoms with Gasteiger partial charge in [-0.3, -0.25) is 4.79 Å². The van der Waals surface area contributed by atoms with Gasteiger partial charge in [-0.05, 0) is 30.5 Å². The zero-order valence-corrected chi connectivity index (χ0v) is 10.5. The molecule has 0 saturated heterocycles. The van der Waals surface area contributed by atoms with Crippen LogP contribution in [-0.2, 0) is 4.79 Å². The van der Waals surface area contributed by atoms with Crippen LogP contribution in [0.1, 0.15) is 31.7 Å². The maximum atomic E-state index is 12.2. The van der Waals surface area contributed by atoms with Crippen LogP contribution >= 0.6 is 0 Å². The molecule has 3 nitrogen and oxygen atoms in total. The predicted molar refractivity (Wildman–Crippen MR) is 70.0 cm³/mol. The van der Waals surface area contributed by atoms with Crippen molar-refractivity contribution >= 4 is 11.6 Å². The van der Waals surface area contributed by atoms with E-state index in [2.05, 4.69) is 6.07 Å². The van der Waals surface area contributed by atoms with Gasteiger partial charge in [-0.1, -0.05) is 32.0 Å². The number of carbonyl (C=O) groups is 1. The Balaban J connectivity index is 2.37. The van der Waals surface area contributed by atoms with Crippen molar-refractivity contribution in [1.29, 1.82) is 0 Å². The molecule has 0 spiro atoms. The van der Waals surface area contributed by atoms with E-state index in [0.717, 1.165) is 18.7 Å². The van der Waals surface area contributed by atoms with Crippen LogP contribution in [-0.4, -0.2) is 19.0 Å². The molecule has 3 heteroatoms. The smallest absolute Gasteiger partial charge is 0.229 e. The Kier molecular flexibility index (Phi) is 3.48. The standard InChI is InChI=1S/C14H20N2O/c1-10(2)14(17)16-8-7-11(9-15)12-5-3-4-6-13(12)16/h3-6,10-11H,7-9,15H2,1-2H3. The number of hydrogen-bond donors (Lipinski definition) is 1. The summed E-state index contributed by atoms with van der Waals surface area (Å²) in [7, 11) is 0. The van der Waals surface area contributed by atoms with Crippen molar-refractivity contribution in [3.63, 3.8) is 0 Å². The van der Waals surface area contributed by atoms with Gasteiger partial charge in [0.2, 0.25) is 5.91 Å². The maximum absolute atomic E-state index is 12.2. The lowest BCUT2D eigenvalue weighted by atomic mass is 9.89. The number of hydrogen-bond acceptors (Lipinski definition) is 2. The number of benzene rings is 1. The molecule has 1 aliphatic heterocycles. The number of rotatable bonds is 2. The topological polar surface area (TPSA) is 46.3 Å². The molecule has 1 amide bonds. The zero-order valence-electron chi connectivity index (χ0n) is 10.5. The van der Waals surface area contributed by atoms with E-state index in [4.69, 9.17) is 5.73 Å². The van der Waals surface area contributed by atoms with Crippen molar-refractivity contribution in [2.75, 3.05) is 18.0 Å². The molecule has 0 aliphatic carbocycles. The van der Waals surface area contributed by atoms with Gasteiger partial charge >= 0.3 is 0 Å². The highest BCUT2D eigenvalue weighted by Gasteiger charge is 2.28. The molecule has 92 valence electrons. The van der Waals surface area contributed by atoms with Gasteiger partial charge in [-0.25, -0.2) is 0 Å². The molecule has 0 radical (unpaired) electrons. The Morgan fingerprint density at radius 2 is 2.18 bits per heavy atom. The quantitative estimate of drug-likeness (QED) is 0.849. The number of para-hydroxylation sites is 1. The molecule has 0 fully saturated rings. The van der Waals surface area contributed by atoms with E-state index in [1.54, 1.807) is 0 Å². The fraction of sp³-hybridized carbons (Fsp3) is 0.500. The van der Waals surface area contributed by atoms with Crippen molar-refractivity contribution in [1.82, 2.24) is 0 Å². The zero-order chi connectivity index (χ0) is 12.4. The van der Waals surface area contributed by atoms with E-state index in [1.165, 1.54) is 5.56 Å². The minimum atomic E-state index is 0.0393. The number of fused-ring (bicyclic) bond motifs is 1. The monoisotopic (exact) mass is 232 g/mol.